The van der Waals surface area contributed by atoms with Gasteiger partial charge in [-0.15, -0.1) is 0 Å². The van der Waals surface area contributed by atoms with E-state index in [1.165, 1.54) is 12.1 Å². The van der Waals surface area contributed by atoms with Crippen molar-refractivity contribution in [3.8, 4) is 11.5 Å². The Morgan fingerprint density at radius 3 is 2.69 bits per heavy atom. The molecule has 154 valence electrons. The third-order valence-electron chi connectivity index (χ3n) is 5.53. The van der Waals surface area contributed by atoms with Gasteiger partial charge in [-0.05, 0) is 61.6 Å². The number of sulfonamides is 1. The minimum Gasteiger partial charge on any atom is -0.454 e. The Kier molecular flexibility index (Phi) is 5.23. The minimum atomic E-state index is -3.77. The maximum absolute atomic E-state index is 12.8. The highest BCUT2D eigenvalue weighted by atomic mass is 32.2. The molecular formula is C21H24N2O5S. The molecule has 2 aliphatic rings. The minimum absolute atomic E-state index is 0.0663. The molecule has 0 spiro atoms. The molecule has 4 rings (SSSR count). The van der Waals surface area contributed by atoms with Gasteiger partial charge in [-0.3, -0.25) is 4.79 Å². The summed E-state index contributed by atoms with van der Waals surface area (Å²) >= 11 is 0. The molecule has 0 radical (unpaired) electrons. The molecule has 1 aliphatic carbocycles. The van der Waals surface area contributed by atoms with Crippen LogP contribution in [0.15, 0.2) is 47.4 Å². The monoisotopic (exact) mass is 416 g/mol. The molecule has 1 amide bonds. The Morgan fingerprint density at radius 2 is 1.93 bits per heavy atom. The van der Waals surface area contributed by atoms with Crippen LogP contribution in [0, 0.1) is 5.92 Å². The van der Waals surface area contributed by atoms with Crippen molar-refractivity contribution in [2.24, 2.45) is 5.92 Å². The van der Waals surface area contributed by atoms with Crippen LogP contribution in [0.2, 0.25) is 0 Å². The zero-order valence-electron chi connectivity index (χ0n) is 16.4. The summed E-state index contributed by atoms with van der Waals surface area (Å²) in [5.74, 6) is 1.62. The number of ether oxygens (including phenoxy) is 2. The normalized spacial score (nSPS) is 16.5. The summed E-state index contributed by atoms with van der Waals surface area (Å²) < 4.78 is 38.6. The van der Waals surface area contributed by atoms with Gasteiger partial charge in [0.1, 0.15) is 0 Å². The number of hydrogen-bond acceptors (Lipinski definition) is 5. The Balaban J connectivity index is 1.47. The fourth-order valence-electron chi connectivity index (χ4n) is 3.39. The number of carbonyl (C=O) groups excluding carboxylic acids is 1. The Hall–Kier alpha value is -2.58. The lowest BCUT2D eigenvalue weighted by Crippen LogP contribution is -2.36. The average molecular weight is 416 g/mol. The summed E-state index contributed by atoms with van der Waals surface area (Å²) in [6.07, 6.45) is 2.27. The highest BCUT2D eigenvalue weighted by Crippen LogP contribution is 2.35. The van der Waals surface area contributed by atoms with Crippen molar-refractivity contribution in [2.75, 3.05) is 13.8 Å². The molecule has 1 saturated carbocycles. The van der Waals surface area contributed by atoms with Crippen molar-refractivity contribution in [3.05, 3.63) is 53.6 Å². The van der Waals surface area contributed by atoms with Crippen LogP contribution in [-0.2, 0) is 16.6 Å². The van der Waals surface area contributed by atoms with E-state index in [1.54, 1.807) is 42.3 Å². The summed E-state index contributed by atoms with van der Waals surface area (Å²) in [4.78, 5) is 14.5. The van der Waals surface area contributed by atoms with E-state index in [4.69, 9.17) is 9.47 Å². The summed E-state index contributed by atoms with van der Waals surface area (Å²) in [6, 6.07) is 11.6. The van der Waals surface area contributed by atoms with E-state index < -0.39 is 10.0 Å². The number of hydrogen-bond donors (Lipinski definition) is 1. The highest BCUT2D eigenvalue weighted by molar-refractivity contribution is 7.89. The first-order valence-corrected chi connectivity index (χ1v) is 11.1. The number of benzene rings is 2. The molecule has 2 aromatic rings. The third-order valence-corrected chi connectivity index (χ3v) is 6.93. The maximum atomic E-state index is 12.8. The van der Waals surface area contributed by atoms with Crippen LogP contribution in [-0.4, -0.2) is 39.1 Å². The molecule has 1 N–H and O–H groups in total. The lowest BCUT2D eigenvalue weighted by molar-refractivity contribution is 0.0727. The third kappa shape index (κ3) is 4.23. The van der Waals surface area contributed by atoms with Gasteiger partial charge in [-0.25, -0.2) is 13.1 Å². The molecule has 0 saturated heterocycles. The quantitative estimate of drug-likeness (QED) is 0.750. The van der Waals surface area contributed by atoms with E-state index >= 15 is 0 Å². The molecule has 1 heterocycles. The van der Waals surface area contributed by atoms with Gasteiger partial charge >= 0.3 is 0 Å². The van der Waals surface area contributed by atoms with Gasteiger partial charge in [-0.2, -0.15) is 0 Å². The molecule has 2 aromatic carbocycles. The Morgan fingerprint density at radius 1 is 1.17 bits per heavy atom. The molecule has 1 fully saturated rings. The van der Waals surface area contributed by atoms with E-state index in [0.29, 0.717) is 23.0 Å². The average Bonchev–Trinajstić information content (AvgIpc) is 3.48. The zero-order chi connectivity index (χ0) is 20.6. The summed E-state index contributed by atoms with van der Waals surface area (Å²) in [7, 11) is -2.00. The molecule has 0 aromatic heterocycles. The van der Waals surface area contributed by atoms with Crippen LogP contribution in [0.1, 0.15) is 35.7 Å². The lowest BCUT2D eigenvalue weighted by atomic mass is 10.1. The second-order valence-corrected chi connectivity index (χ2v) is 9.30. The van der Waals surface area contributed by atoms with Crippen LogP contribution < -0.4 is 14.2 Å². The van der Waals surface area contributed by atoms with E-state index in [2.05, 4.69) is 4.72 Å². The van der Waals surface area contributed by atoms with Crippen LogP contribution in [0.25, 0.3) is 0 Å². The van der Waals surface area contributed by atoms with Gasteiger partial charge < -0.3 is 14.4 Å². The van der Waals surface area contributed by atoms with Gasteiger partial charge in [0.2, 0.25) is 16.8 Å². The zero-order valence-corrected chi connectivity index (χ0v) is 17.2. The number of nitrogens with one attached hydrogen (secondary N) is 1. The largest absolute Gasteiger partial charge is 0.454 e. The molecule has 0 bridgehead atoms. The van der Waals surface area contributed by atoms with E-state index in [9.17, 15) is 13.2 Å². The second-order valence-electron chi connectivity index (χ2n) is 7.53. The number of nitrogens with zero attached hydrogens (tertiary/aromatic N) is 1. The molecule has 7 nitrogen and oxygen atoms in total. The second kappa shape index (κ2) is 7.68. The summed E-state index contributed by atoms with van der Waals surface area (Å²) in [5.41, 5.74) is 1.12. The van der Waals surface area contributed by atoms with Gasteiger partial charge in [-0.1, -0.05) is 12.1 Å². The van der Waals surface area contributed by atoms with E-state index in [-0.39, 0.29) is 30.2 Å². The molecule has 29 heavy (non-hydrogen) atoms. The van der Waals surface area contributed by atoms with Crippen LogP contribution in [0.3, 0.4) is 0 Å². The van der Waals surface area contributed by atoms with Gasteiger partial charge in [0, 0.05) is 25.2 Å². The van der Waals surface area contributed by atoms with Crippen molar-refractivity contribution < 1.29 is 22.7 Å². The molecule has 1 aliphatic heterocycles. The van der Waals surface area contributed by atoms with Crippen LogP contribution >= 0.6 is 0 Å². The number of amides is 1. The van der Waals surface area contributed by atoms with E-state index in [1.807, 2.05) is 6.92 Å². The van der Waals surface area contributed by atoms with Gasteiger partial charge in [0.05, 0.1) is 4.90 Å². The lowest BCUT2D eigenvalue weighted by Gasteiger charge is -2.25. The predicted molar refractivity (Wildman–Crippen MR) is 107 cm³/mol. The van der Waals surface area contributed by atoms with Crippen molar-refractivity contribution >= 4 is 15.9 Å². The Labute approximate surface area is 170 Å². The number of rotatable bonds is 7. The first-order chi connectivity index (χ1) is 13.8. The molecule has 8 heteroatoms. The number of fused-ring (bicyclic) bond motifs is 1. The van der Waals surface area contributed by atoms with E-state index in [0.717, 1.165) is 18.4 Å². The van der Waals surface area contributed by atoms with Crippen molar-refractivity contribution in [2.45, 2.75) is 37.2 Å². The molecule has 1 atom stereocenters. The van der Waals surface area contributed by atoms with Crippen molar-refractivity contribution in [1.82, 2.24) is 9.62 Å². The van der Waals surface area contributed by atoms with Crippen LogP contribution in [0.5, 0.6) is 11.5 Å². The van der Waals surface area contributed by atoms with Gasteiger partial charge in [0.25, 0.3) is 5.91 Å². The summed E-state index contributed by atoms with van der Waals surface area (Å²) in [6.45, 7) is 2.30. The van der Waals surface area contributed by atoms with Gasteiger partial charge in [0.15, 0.2) is 11.5 Å². The highest BCUT2D eigenvalue weighted by Gasteiger charge is 2.33. The fourth-order valence-corrected chi connectivity index (χ4v) is 4.46. The smallest absolute Gasteiger partial charge is 0.253 e. The molecular weight excluding hydrogens is 392 g/mol. The fraction of sp³-hybridized carbons (Fsp3) is 0.381. The SMILES string of the molecule is CC(C1CC1)N(C)C(=O)c1cccc(S(=O)(=O)NCc2ccc3c(c2)OCO3)c1. The first-order valence-electron chi connectivity index (χ1n) is 9.60. The molecule has 1 unspecified atom stereocenters. The first kappa shape index (κ1) is 19.7. The van der Waals surface area contributed by atoms with Crippen molar-refractivity contribution in [3.63, 3.8) is 0 Å². The maximum Gasteiger partial charge on any atom is 0.253 e. The number of carbonyl (C=O) groups is 1. The predicted octanol–water partition coefficient (Wildman–Crippen LogP) is 2.76. The summed E-state index contributed by atoms with van der Waals surface area (Å²) in [5, 5.41) is 0. The topological polar surface area (TPSA) is 84.9 Å². The van der Waals surface area contributed by atoms with Crippen molar-refractivity contribution in [1.29, 1.82) is 0 Å². The standard InChI is InChI=1S/C21H24N2O5S/c1-14(16-7-8-16)23(2)21(24)17-4-3-5-18(11-17)29(25,26)22-12-15-6-9-19-20(10-15)28-13-27-19/h3-6,9-11,14,16,22H,7-8,12-13H2,1-2H3. The van der Waals surface area contributed by atoms with Crippen LogP contribution in [0.4, 0.5) is 0 Å². The Bertz CT molecular complexity index is 1030.